The van der Waals surface area contributed by atoms with E-state index in [9.17, 15) is 18.9 Å². The molecule has 0 aromatic heterocycles. The van der Waals surface area contributed by atoms with Crippen molar-refractivity contribution in [3.05, 3.63) is 47.5 Å². The zero-order valence-electron chi connectivity index (χ0n) is 17.9. The fourth-order valence-electron chi connectivity index (χ4n) is 3.10. The molecular formula is C20H28N3O8P. The van der Waals surface area contributed by atoms with Gasteiger partial charge in [0.2, 0.25) is 5.91 Å². The maximum atomic E-state index is 12.3. The molecule has 0 heterocycles. The second-order valence-corrected chi connectivity index (χ2v) is 8.61. The zero-order valence-corrected chi connectivity index (χ0v) is 18.8. The van der Waals surface area contributed by atoms with E-state index in [0.717, 1.165) is 6.42 Å². The highest BCUT2D eigenvalue weighted by Gasteiger charge is 2.30. The van der Waals surface area contributed by atoms with Crippen molar-refractivity contribution < 1.29 is 38.0 Å². The van der Waals surface area contributed by atoms with Gasteiger partial charge in [-0.25, -0.2) is 9.36 Å². The Hall–Kier alpha value is -2.72. The summed E-state index contributed by atoms with van der Waals surface area (Å²) in [5.41, 5.74) is 0.980. The van der Waals surface area contributed by atoms with Gasteiger partial charge in [-0.3, -0.25) is 14.1 Å². The Bertz CT molecular complexity index is 881. The fraction of sp³-hybridized carbons (Fsp3) is 0.450. The SMILES string of the molecule is CN(C)C(=O)[C@H]1CCC=C[C@H]1NC(=O)OCc1ccc(C(=O)NCCOP(=O)(O)O)cc1. The van der Waals surface area contributed by atoms with Gasteiger partial charge < -0.3 is 30.1 Å². The van der Waals surface area contributed by atoms with E-state index in [-0.39, 0.29) is 31.6 Å². The van der Waals surface area contributed by atoms with Crippen LogP contribution in [-0.2, 0) is 25.2 Å². The normalized spacial score (nSPS) is 18.0. The molecule has 0 spiro atoms. The van der Waals surface area contributed by atoms with Crippen molar-refractivity contribution in [3.8, 4) is 0 Å². The first-order chi connectivity index (χ1) is 15.1. The number of nitrogens with one attached hydrogen (secondary N) is 2. The second kappa shape index (κ2) is 11.8. The number of ether oxygens (including phenoxy) is 1. The van der Waals surface area contributed by atoms with Crippen molar-refractivity contribution in [1.82, 2.24) is 15.5 Å². The number of allylic oxidation sites excluding steroid dienone is 1. The van der Waals surface area contributed by atoms with Gasteiger partial charge in [-0.05, 0) is 30.5 Å². The molecule has 11 nitrogen and oxygen atoms in total. The molecule has 3 amide bonds. The molecule has 0 radical (unpaired) electrons. The summed E-state index contributed by atoms with van der Waals surface area (Å²) >= 11 is 0. The lowest BCUT2D eigenvalue weighted by Crippen LogP contribution is -2.46. The lowest BCUT2D eigenvalue weighted by Gasteiger charge is -2.29. The number of alkyl carbamates (subject to hydrolysis) is 1. The van der Waals surface area contributed by atoms with Crippen LogP contribution in [0.15, 0.2) is 36.4 Å². The molecule has 0 aliphatic heterocycles. The Morgan fingerprint density at radius 1 is 1.19 bits per heavy atom. The molecule has 2 rings (SSSR count). The van der Waals surface area contributed by atoms with Crippen LogP contribution in [-0.4, -0.2) is 65.9 Å². The van der Waals surface area contributed by atoms with Crippen LogP contribution in [0.2, 0.25) is 0 Å². The standard InChI is InChI=1S/C20H28N3O8P/c1-23(2)19(25)16-5-3-4-6-17(16)22-20(26)30-13-14-7-9-15(10-8-14)18(24)21-11-12-31-32(27,28)29/h4,6-10,16-17H,3,5,11-13H2,1-2H3,(H,21,24)(H,22,26)(H2,27,28,29)/t16-,17+/m0/s1. The van der Waals surface area contributed by atoms with Gasteiger partial charge in [-0.2, -0.15) is 0 Å². The van der Waals surface area contributed by atoms with Crippen molar-refractivity contribution in [3.63, 3.8) is 0 Å². The van der Waals surface area contributed by atoms with Gasteiger partial charge in [0.15, 0.2) is 0 Å². The number of rotatable bonds is 9. The Labute approximate surface area is 186 Å². The quantitative estimate of drug-likeness (QED) is 0.239. The number of amides is 3. The molecular weight excluding hydrogens is 441 g/mol. The van der Waals surface area contributed by atoms with E-state index in [1.807, 2.05) is 6.08 Å². The third-order valence-electron chi connectivity index (χ3n) is 4.70. The van der Waals surface area contributed by atoms with Crippen molar-refractivity contribution in [2.75, 3.05) is 27.2 Å². The van der Waals surface area contributed by atoms with E-state index in [1.165, 1.54) is 17.0 Å². The maximum absolute atomic E-state index is 12.3. The topological polar surface area (TPSA) is 154 Å². The van der Waals surface area contributed by atoms with E-state index < -0.39 is 25.9 Å². The number of hydrogen-bond donors (Lipinski definition) is 4. The Morgan fingerprint density at radius 3 is 2.50 bits per heavy atom. The smallest absolute Gasteiger partial charge is 0.445 e. The number of benzene rings is 1. The highest BCUT2D eigenvalue weighted by Crippen LogP contribution is 2.35. The number of hydrogen-bond acceptors (Lipinski definition) is 6. The van der Waals surface area contributed by atoms with Gasteiger partial charge >= 0.3 is 13.9 Å². The lowest BCUT2D eigenvalue weighted by atomic mass is 9.88. The van der Waals surface area contributed by atoms with Crippen LogP contribution >= 0.6 is 7.82 Å². The number of phosphoric ester groups is 1. The number of phosphoric acid groups is 1. The van der Waals surface area contributed by atoms with Crippen molar-refractivity contribution in [2.45, 2.75) is 25.5 Å². The molecule has 1 aliphatic carbocycles. The summed E-state index contributed by atoms with van der Waals surface area (Å²) in [7, 11) is -1.21. The Balaban J connectivity index is 1.80. The summed E-state index contributed by atoms with van der Waals surface area (Å²) in [4.78, 5) is 55.2. The third-order valence-corrected chi connectivity index (χ3v) is 5.22. The van der Waals surface area contributed by atoms with E-state index in [2.05, 4.69) is 15.2 Å². The lowest BCUT2D eigenvalue weighted by molar-refractivity contribution is -0.133. The molecule has 0 fully saturated rings. The van der Waals surface area contributed by atoms with Crippen molar-refractivity contribution in [2.24, 2.45) is 5.92 Å². The van der Waals surface area contributed by atoms with Crippen LogP contribution < -0.4 is 10.6 Å². The van der Waals surface area contributed by atoms with Crippen LogP contribution in [0.1, 0.15) is 28.8 Å². The summed E-state index contributed by atoms with van der Waals surface area (Å²) < 4.78 is 20.1. The molecule has 0 bridgehead atoms. The number of nitrogens with zero attached hydrogens (tertiary/aromatic N) is 1. The minimum Gasteiger partial charge on any atom is -0.445 e. The molecule has 176 valence electrons. The first-order valence-electron chi connectivity index (χ1n) is 9.95. The summed E-state index contributed by atoms with van der Waals surface area (Å²) in [6.07, 6.45) is 4.49. The van der Waals surface area contributed by atoms with Gasteiger partial charge in [0.1, 0.15) is 6.61 Å². The van der Waals surface area contributed by atoms with Gasteiger partial charge in [-0.1, -0.05) is 24.3 Å². The van der Waals surface area contributed by atoms with Crippen LogP contribution in [0.5, 0.6) is 0 Å². The van der Waals surface area contributed by atoms with Crippen LogP contribution in [0.4, 0.5) is 4.79 Å². The van der Waals surface area contributed by atoms with Crippen LogP contribution in [0, 0.1) is 5.92 Å². The van der Waals surface area contributed by atoms with E-state index >= 15 is 0 Å². The molecule has 4 N–H and O–H groups in total. The van der Waals surface area contributed by atoms with Crippen LogP contribution in [0.25, 0.3) is 0 Å². The summed E-state index contributed by atoms with van der Waals surface area (Å²) in [5, 5.41) is 5.18. The van der Waals surface area contributed by atoms with Gasteiger partial charge in [0, 0.05) is 26.2 Å². The molecule has 1 aromatic rings. The molecule has 1 aliphatic rings. The Kier molecular flexibility index (Phi) is 9.40. The first-order valence-corrected chi connectivity index (χ1v) is 11.5. The molecule has 32 heavy (non-hydrogen) atoms. The molecule has 0 saturated heterocycles. The molecule has 2 atom stereocenters. The van der Waals surface area contributed by atoms with E-state index in [1.54, 1.807) is 32.3 Å². The maximum Gasteiger partial charge on any atom is 0.469 e. The van der Waals surface area contributed by atoms with Crippen molar-refractivity contribution >= 4 is 25.7 Å². The second-order valence-electron chi connectivity index (χ2n) is 7.37. The Morgan fingerprint density at radius 2 is 1.88 bits per heavy atom. The van der Waals surface area contributed by atoms with Gasteiger partial charge in [0.05, 0.1) is 18.6 Å². The highest BCUT2D eigenvalue weighted by molar-refractivity contribution is 7.46. The molecule has 1 aromatic carbocycles. The van der Waals surface area contributed by atoms with E-state index in [0.29, 0.717) is 17.5 Å². The van der Waals surface area contributed by atoms with Crippen molar-refractivity contribution in [1.29, 1.82) is 0 Å². The predicted octanol–water partition coefficient (Wildman–Crippen LogP) is 1.17. The monoisotopic (exact) mass is 469 g/mol. The van der Waals surface area contributed by atoms with Gasteiger partial charge in [0.25, 0.3) is 5.91 Å². The third kappa shape index (κ3) is 8.43. The van der Waals surface area contributed by atoms with Gasteiger partial charge in [-0.15, -0.1) is 0 Å². The zero-order chi connectivity index (χ0) is 23.7. The number of carbonyl (C=O) groups is 3. The number of carbonyl (C=O) groups excluding carboxylic acids is 3. The fourth-order valence-corrected chi connectivity index (χ4v) is 3.43. The minimum absolute atomic E-state index is 0.0212. The molecule has 12 heteroatoms. The van der Waals surface area contributed by atoms with Crippen LogP contribution in [0.3, 0.4) is 0 Å². The molecule has 0 saturated carbocycles. The highest BCUT2D eigenvalue weighted by atomic mass is 31.2. The minimum atomic E-state index is -4.57. The van der Waals surface area contributed by atoms with E-state index in [4.69, 9.17) is 14.5 Å². The predicted molar refractivity (Wildman–Crippen MR) is 114 cm³/mol. The average molecular weight is 469 g/mol. The summed E-state index contributed by atoms with van der Waals surface area (Å²) in [5.74, 6) is -0.834. The first kappa shape index (κ1) is 25.5. The summed E-state index contributed by atoms with van der Waals surface area (Å²) in [6.45, 7) is -0.414. The summed E-state index contributed by atoms with van der Waals surface area (Å²) in [6, 6.07) is 5.86. The largest absolute Gasteiger partial charge is 0.469 e. The molecule has 0 unspecified atom stereocenters. The average Bonchev–Trinajstić information content (AvgIpc) is 2.74.